The highest BCUT2D eigenvalue weighted by Crippen LogP contribution is 2.20. The van der Waals surface area contributed by atoms with Gasteiger partial charge in [-0.3, -0.25) is 0 Å². The van der Waals surface area contributed by atoms with Crippen LogP contribution >= 0.6 is 0 Å². The molecule has 1 N–H and O–H groups in total. The van der Waals surface area contributed by atoms with Crippen molar-refractivity contribution in [1.82, 2.24) is 10.2 Å². The highest BCUT2D eigenvalue weighted by Gasteiger charge is 2.20. The second-order valence-electron chi connectivity index (χ2n) is 5.71. The van der Waals surface area contributed by atoms with Gasteiger partial charge in [0.25, 0.3) is 0 Å². The molecule has 1 atom stereocenters. The number of anilines is 1. The Hall–Kier alpha value is -1.06. The van der Waals surface area contributed by atoms with E-state index >= 15 is 0 Å². The fraction of sp³-hybridized carbons (Fsp3) is 0.600. The van der Waals surface area contributed by atoms with Crippen LogP contribution in [0.25, 0.3) is 0 Å². The van der Waals surface area contributed by atoms with E-state index in [0.29, 0.717) is 6.04 Å². The minimum absolute atomic E-state index is 0.564. The Morgan fingerprint density at radius 1 is 1.22 bits per heavy atom. The summed E-state index contributed by atoms with van der Waals surface area (Å²) in [4.78, 5) is 4.76. The van der Waals surface area contributed by atoms with Gasteiger partial charge in [-0.15, -0.1) is 0 Å². The summed E-state index contributed by atoms with van der Waals surface area (Å²) >= 11 is 0. The molecule has 1 saturated heterocycles. The molecule has 1 aromatic rings. The number of hydrogen-bond donors (Lipinski definition) is 1. The molecule has 0 bridgehead atoms. The third-order valence-electron chi connectivity index (χ3n) is 3.41. The molecule has 0 spiro atoms. The number of rotatable bonds is 3. The average Bonchev–Trinajstić information content (AvgIpc) is 2.27. The fourth-order valence-corrected chi connectivity index (χ4v) is 2.76. The van der Waals surface area contributed by atoms with Crippen LogP contribution in [0.4, 0.5) is 5.69 Å². The van der Waals surface area contributed by atoms with E-state index in [9.17, 15) is 0 Å². The Bertz CT molecular complexity index is 380. The number of benzene rings is 1. The van der Waals surface area contributed by atoms with Gasteiger partial charge in [-0.25, -0.2) is 0 Å². The molecule has 0 aliphatic carbocycles. The molecule has 0 aromatic heterocycles. The van der Waals surface area contributed by atoms with Crippen molar-refractivity contribution >= 4 is 5.69 Å². The summed E-state index contributed by atoms with van der Waals surface area (Å²) in [6, 6.07) is 7.40. The third-order valence-corrected chi connectivity index (χ3v) is 3.41. The number of nitrogens with zero attached hydrogens (tertiary/aromatic N) is 2. The molecule has 100 valence electrons. The first-order valence-electron chi connectivity index (χ1n) is 6.76. The zero-order valence-electron chi connectivity index (χ0n) is 12.0. The van der Waals surface area contributed by atoms with Crippen LogP contribution in [0.3, 0.4) is 0 Å². The minimum atomic E-state index is 0.564. The molecule has 0 amide bonds. The molecule has 1 heterocycles. The molecule has 2 rings (SSSR count). The zero-order valence-corrected chi connectivity index (χ0v) is 12.0. The number of likely N-dealkylation sites (N-methyl/N-ethyl adjacent to an activating group) is 1. The van der Waals surface area contributed by atoms with Crippen molar-refractivity contribution in [2.45, 2.75) is 19.9 Å². The molecule has 18 heavy (non-hydrogen) atoms. The maximum absolute atomic E-state index is 3.60. The maximum atomic E-state index is 3.60. The van der Waals surface area contributed by atoms with Gasteiger partial charge < -0.3 is 15.1 Å². The molecule has 1 aliphatic heterocycles. The van der Waals surface area contributed by atoms with Crippen molar-refractivity contribution in [3.8, 4) is 0 Å². The molecule has 3 nitrogen and oxygen atoms in total. The lowest BCUT2D eigenvalue weighted by atomic mass is 10.1. The first-order valence-corrected chi connectivity index (χ1v) is 6.76. The fourth-order valence-electron chi connectivity index (χ4n) is 2.76. The normalized spacial score (nSPS) is 20.5. The molecule has 3 heteroatoms. The van der Waals surface area contributed by atoms with Crippen molar-refractivity contribution in [3.05, 3.63) is 29.3 Å². The van der Waals surface area contributed by atoms with Crippen LogP contribution in [0.5, 0.6) is 0 Å². The number of aryl methyl sites for hydroxylation is 2. The van der Waals surface area contributed by atoms with Crippen LogP contribution in [-0.2, 0) is 0 Å². The van der Waals surface area contributed by atoms with Crippen LogP contribution < -0.4 is 10.2 Å². The van der Waals surface area contributed by atoms with Gasteiger partial charge in [-0.2, -0.15) is 0 Å². The summed E-state index contributed by atoms with van der Waals surface area (Å²) < 4.78 is 0. The smallest absolute Gasteiger partial charge is 0.0372 e. The van der Waals surface area contributed by atoms with E-state index in [1.807, 2.05) is 0 Å². The van der Waals surface area contributed by atoms with Crippen LogP contribution in [0.2, 0.25) is 0 Å². The van der Waals surface area contributed by atoms with Crippen LogP contribution in [-0.4, -0.2) is 51.2 Å². The molecule has 1 aromatic carbocycles. The molecule has 0 radical (unpaired) electrons. The quantitative estimate of drug-likeness (QED) is 0.876. The van der Waals surface area contributed by atoms with Gasteiger partial charge in [0, 0.05) is 37.9 Å². The van der Waals surface area contributed by atoms with Crippen LogP contribution in [0.1, 0.15) is 11.1 Å². The van der Waals surface area contributed by atoms with E-state index in [-0.39, 0.29) is 0 Å². The lowest BCUT2D eigenvalue weighted by Crippen LogP contribution is -2.54. The molecule has 1 aliphatic rings. The number of nitrogens with one attached hydrogen (secondary N) is 1. The Labute approximate surface area is 111 Å². The zero-order chi connectivity index (χ0) is 13.1. The van der Waals surface area contributed by atoms with E-state index in [4.69, 9.17) is 0 Å². The van der Waals surface area contributed by atoms with Gasteiger partial charge in [0.15, 0.2) is 0 Å². The molecule has 1 unspecified atom stereocenters. The van der Waals surface area contributed by atoms with E-state index < -0.39 is 0 Å². The first-order chi connectivity index (χ1) is 8.54. The summed E-state index contributed by atoms with van der Waals surface area (Å²) in [6.45, 7) is 8.73. The van der Waals surface area contributed by atoms with Gasteiger partial charge >= 0.3 is 0 Å². The Kier molecular flexibility index (Phi) is 4.25. The SMILES string of the molecule is Cc1cc(C)cc(N2CCNC(CN(C)C)C2)c1. The van der Waals surface area contributed by atoms with Gasteiger partial charge in [0.05, 0.1) is 0 Å². The van der Waals surface area contributed by atoms with Crippen molar-refractivity contribution in [2.24, 2.45) is 0 Å². The second-order valence-corrected chi connectivity index (χ2v) is 5.71. The van der Waals surface area contributed by atoms with Crippen molar-refractivity contribution in [3.63, 3.8) is 0 Å². The lowest BCUT2D eigenvalue weighted by molar-refractivity contribution is 0.323. The lowest BCUT2D eigenvalue weighted by Gasteiger charge is -2.36. The highest BCUT2D eigenvalue weighted by atomic mass is 15.2. The first kappa shape index (κ1) is 13.4. The van der Waals surface area contributed by atoms with Crippen LogP contribution in [0.15, 0.2) is 18.2 Å². The number of piperazine rings is 1. The second kappa shape index (κ2) is 5.72. The average molecular weight is 247 g/mol. The standard InChI is InChI=1S/C15H25N3/c1-12-7-13(2)9-15(8-12)18-6-5-16-14(11-18)10-17(3)4/h7-9,14,16H,5-6,10-11H2,1-4H3. The van der Waals surface area contributed by atoms with E-state index in [1.54, 1.807) is 0 Å². The topological polar surface area (TPSA) is 18.5 Å². The Balaban J connectivity index is 2.08. The summed E-state index contributed by atoms with van der Waals surface area (Å²) in [7, 11) is 4.27. The van der Waals surface area contributed by atoms with Crippen molar-refractivity contribution in [2.75, 3.05) is 45.2 Å². The Morgan fingerprint density at radius 2 is 1.89 bits per heavy atom. The Morgan fingerprint density at radius 3 is 2.50 bits per heavy atom. The van der Waals surface area contributed by atoms with E-state index in [1.165, 1.54) is 16.8 Å². The summed E-state index contributed by atoms with van der Waals surface area (Å²) in [5, 5.41) is 3.60. The van der Waals surface area contributed by atoms with Gasteiger partial charge in [0.1, 0.15) is 0 Å². The number of hydrogen-bond acceptors (Lipinski definition) is 3. The monoisotopic (exact) mass is 247 g/mol. The van der Waals surface area contributed by atoms with Crippen LogP contribution in [0, 0.1) is 13.8 Å². The van der Waals surface area contributed by atoms with Gasteiger partial charge in [0.2, 0.25) is 0 Å². The summed E-state index contributed by atoms with van der Waals surface area (Å²) in [6.07, 6.45) is 0. The van der Waals surface area contributed by atoms with Crippen molar-refractivity contribution < 1.29 is 0 Å². The molecular formula is C15H25N3. The molecule has 0 saturated carbocycles. The summed E-state index contributed by atoms with van der Waals surface area (Å²) in [5.41, 5.74) is 4.08. The predicted molar refractivity (Wildman–Crippen MR) is 78.5 cm³/mol. The van der Waals surface area contributed by atoms with E-state index in [2.05, 4.69) is 61.3 Å². The third kappa shape index (κ3) is 3.47. The predicted octanol–water partition coefficient (Wildman–Crippen LogP) is 1.64. The molecule has 1 fully saturated rings. The maximum Gasteiger partial charge on any atom is 0.0372 e. The van der Waals surface area contributed by atoms with Crippen molar-refractivity contribution in [1.29, 1.82) is 0 Å². The highest BCUT2D eigenvalue weighted by molar-refractivity contribution is 5.51. The van der Waals surface area contributed by atoms with Gasteiger partial charge in [-0.1, -0.05) is 6.07 Å². The molecular weight excluding hydrogens is 222 g/mol. The minimum Gasteiger partial charge on any atom is -0.369 e. The largest absolute Gasteiger partial charge is 0.369 e. The van der Waals surface area contributed by atoms with Gasteiger partial charge in [-0.05, 0) is 51.2 Å². The summed E-state index contributed by atoms with van der Waals surface area (Å²) in [5.74, 6) is 0. The van der Waals surface area contributed by atoms with E-state index in [0.717, 1.165) is 26.2 Å².